The number of aliphatic hydroxyl groups is 7. The second-order valence-electron chi connectivity index (χ2n) is 10.4. The van der Waals surface area contributed by atoms with E-state index in [9.17, 15) is 50.1 Å². The number of amides is 2. The van der Waals surface area contributed by atoms with Crippen LogP contribution in [0.3, 0.4) is 0 Å². The van der Waals surface area contributed by atoms with Gasteiger partial charge in [-0.15, -0.1) is 0 Å². The van der Waals surface area contributed by atoms with E-state index in [2.05, 4.69) is 10.6 Å². The second kappa shape index (κ2) is 14.6. The van der Waals surface area contributed by atoms with Crippen molar-refractivity contribution in [3.05, 3.63) is 0 Å². The molecule has 0 unspecified atom stereocenters. The molecule has 0 aromatic carbocycles. The summed E-state index contributed by atoms with van der Waals surface area (Å²) in [6.07, 6.45) is -20.2. The Morgan fingerprint density at radius 1 is 0.690 bits per heavy atom. The van der Waals surface area contributed by atoms with E-state index in [0.717, 1.165) is 20.8 Å². The van der Waals surface area contributed by atoms with Gasteiger partial charge in [-0.1, -0.05) is 0 Å². The maximum absolute atomic E-state index is 12.2. The van der Waals surface area contributed by atoms with Gasteiger partial charge in [-0.05, 0) is 6.92 Å². The monoisotopic (exact) mass is 612 g/mol. The molecule has 2 amide bonds. The lowest BCUT2D eigenvalue weighted by Crippen LogP contribution is -2.70. The maximum atomic E-state index is 12.2. The van der Waals surface area contributed by atoms with Gasteiger partial charge in [0, 0.05) is 20.8 Å². The highest BCUT2D eigenvalue weighted by Gasteiger charge is 2.54. The number of hydrogen-bond acceptors (Lipinski definition) is 16. The van der Waals surface area contributed by atoms with Crippen molar-refractivity contribution in [1.29, 1.82) is 0 Å². The Kier molecular flexibility index (Phi) is 12.0. The highest BCUT2D eigenvalue weighted by atomic mass is 16.7. The average molecular weight is 613 g/mol. The smallest absolute Gasteiger partial charge is 0.302 e. The van der Waals surface area contributed by atoms with Crippen LogP contribution in [0.1, 0.15) is 27.7 Å². The summed E-state index contributed by atoms with van der Waals surface area (Å²) in [5.41, 5.74) is 0. The van der Waals surface area contributed by atoms with Crippen molar-refractivity contribution in [2.45, 2.75) is 120 Å². The molecular formula is C24H40N2O16. The molecule has 0 aromatic heterocycles. The maximum Gasteiger partial charge on any atom is 0.302 e. The van der Waals surface area contributed by atoms with Crippen molar-refractivity contribution < 1.29 is 78.6 Å². The van der Waals surface area contributed by atoms with Crippen molar-refractivity contribution in [2.24, 2.45) is 0 Å². The Labute approximate surface area is 240 Å². The summed E-state index contributed by atoms with van der Waals surface area (Å²) in [6, 6.07) is -2.79. The molecule has 15 atom stereocenters. The molecule has 0 spiro atoms. The van der Waals surface area contributed by atoms with Crippen LogP contribution in [0.2, 0.25) is 0 Å². The van der Waals surface area contributed by atoms with E-state index in [1.165, 1.54) is 6.92 Å². The Balaban J connectivity index is 1.92. The average Bonchev–Trinajstić information content (AvgIpc) is 2.91. The molecule has 3 fully saturated rings. The largest absolute Gasteiger partial charge is 0.463 e. The van der Waals surface area contributed by atoms with E-state index in [0.29, 0.717) is 0 Å². The minimum absolute atomic E-state index is 0.487. The lowest BCUT2D eigenvalue weighted by molar-refractivity contribution is -0.354. The fourth-order valence-electron chi connectivity index (χ4n) is 4.99. The first-order chi connectivity index (χ1) is 19.7. The molecule has 0 saturated carbocycles. The standard InChI is InChI=1S/C24H40N2O16/c1-7-15(31)21(42-24-19(35)18(34)16(32)11(5-27)40-24)14(26-9(3)29)23(38-7)41-20-13(25-8(2)28)22(36)39-12(17(20)33)6-37-10(4)30/h7,11-24,27,31-36H,5-6H2,1-4H3,(H,25,28)(H,26,29)/t7-,11+,12+,13+,14-,15-,16+,17+,18-,19+,20+,21-,22-,23-,24+/m0/s1. The predicted octanol–water partition coefficient (Wildman–Crippen LogP) is -5.69. The third-order valence-electron chi connectivity index (χ3n) is 7.13. The van der Waals surface area contributed by atoms with Crippen LogP contribution >= 0.6 is 0 Å². The molecule has 3 aliphatic heterocycles. The number of nitrogens with one attached hydrogen (secondary N) is 2. The van der Waals surface area contributed by atoms with Crippen LogP contribution in [0, 0.1) is 0 Å². The van der Waals surface area contributed by atoms with Crippen LogP contribution in [0.4, 0.5) is 0 Å². The Bertz CT molecular complexity index is 940. The third-order valence-corrected chi connectivity index (χ3v) is 7.13. The number of aliphatic hydroxyl groups excluding tert-OH is 7. The fraction of sp³-hybridized carbons (Fsp3) is 0.875. The minimum atomic E-state index is -1.84. The zero-order valence-electron chi connectivity index (χ0n) is 23.4. The molecular weight excluding hydrogens is 572 g/mol. The predicted molar refractivity (Wildman–Crippen MR) is 133 cm³/mol. The van der Waals surface area contributed by atoms with Crippen LogP contribution in [-0.4, -0.2) is 159 Å². The molecule has 18 nitrogen and oxygen atoms in total. The second-order valence-corrected chi connectivity index (χ2v) is 10.4. The van der Waals surface area contributed by atoms with E-state index in [4.69, 9.17) is 28.4 Å². The van der Waals surface area contributed by atoms with E-state index in [1.54, 1.807) is 0 Å². The first-order valence-corrected chi connectivity index (χ1v) is 13.3. The molecule has 3 rings (SSSR count). The fourth-order valence-corrected chi connectivity index (χ4v) is 4.99. The summed E-state index contributed by atoms with van der Waals surface area (Å²) in [7, 11) is 0. The van der Waals surface area contributed by atoms with Gasteiger partial charge in [0.1, 0.15) is 73.6 Å². The zero-order chi connectivity index (χ0) is 31.5. The van der Waals surface area contributed by atoms with Crippen LogP contribution in [0.5, 0.6) is 0 Å². The van der Waals surface area contributed by atoms with Crippen molar-refractivity contribution in [3.8, 4) is 0 Å². The number of esters is 1. The van der Waals surface area contributed by atoms with Crippen molar-refractivity contribution in [3.63, 3.8) is 0 Å². The highest BCUT2D eigenvalue weighted by molar-refractivity contribution is 5.73. The Morgan fingerprint density at radius 2 is 1.26 bits per heavy atom. The van der Waals surface area contributed by atoms with E-state index in [1.807, 2.05) is 0 Å². The summed E-state index contributed by atoms with van der Waals surface area (Å²) in [6.45, 7) is 3.57. The molecule has 242 valence electrons. The SMILES string of the molecule is CC(=O)N[C@@H]1[C@H](O[C@H]2[C@H](O)[C@@H](COC(C)=O)O[C@H](O)[C@@H]2NC(C)=O)O[C@@H](C)[C@H](O)[C@H]1O[C@H]1O[C@H](CO)[C@@H](O)[C@H](O)[C@H]1O. The highest BCUT2D eigenvalue weighted by Crippen LogP contribution is 2.32. The van der Waals surface area contributed by atoms with Crippen molar-refractivity contribution >= 4 is 17.8 Å². The molecule has 9 N–H and O–H groups in total. The number of rotatable bonds is 9. The van der Waals surface area contributed by atoms with Gasteiger partial charge >= 0.3 is 5.97 Å². The molecule has 42 heavy (non-hydrogen) atoms. The molecule has 0 bridgehead atoms. The molecule has 3 heterocycles. The number of ether oxygens (including phenoxy) is 6. The summed E-state index contributed by atoms with van der Waals surface area (Å²) in [5.74, 6) is -1.98. The summed E-state index contributed by atoms with van der Waals surface area (Å²) >= 11 is 0. The van der Waals surface area contributed by atoms with Gasteiger partial charge in [-0.3, -0.25) is 14.4 Å². The lowest BCUT2D eigenvalue weighted by Gasteiger charge is -2.49. The summed E-state index contributed by atoms with van der Waals surface area (Å²) < 4.78 is 33.2. The van der Waals surface area contributed by atoms with Gasteiger partial charge in [0.15, 0.2) is 18.9 Å². The molecule has 3 aliphatic rings. The summed E-state index contributed by atoms with van der Waals surface area (Å²) in [5, 5.41) is 77.8. The Hall–Kier alpha value is -2.07. The van der Waals surface area contributed by atoms with E-state index < -0.39 is 123 Å². The minimum Gasteiger partial charge on any atom is -0.463 e. The van der Waals surface area contributed by atoms with Gasteiger partial charge in [0.25, 0.3) is 0 Å². The van der Waals surface area contributed by atoms with Crippen LogP contribution in [0.25, 0.3) is 0 Å². The number of carbonyl (C=O) groups is 3. The Morgan fingerprint density at radius 3 is 1.83 bits per heavy atom. The number of carbonyl (C=O) groups excluding carboxylic acids is 3. The molecule has 0 aromatic rings. The molecule has 0 aliphatic carbocycles. The quantitative estimate of drug-likeness (QED) is 0.110. The van der Waals surface area contributed by atoms with Crippen molar-refractivity contribution in [2.75, 3.05) is 13.2 Å². The van der Waals surface area contributed by atoms with E-state index >= 15 is 0 Å². The molecule has 0 radical (unpaired) electrons. The number of hydrogen-bond donors (Lipinski definition) is 9. The van der Waals surface area contributed by atoms with Gasteiger partial charge in [-0.2, -0.15) is 0 Å². The van der Waals surface area contributed by atoms with Gasteiger partial charge in [0.2, 0.25) is 11.8 Å². The zero-order valence-corrected chi connectivity index (χ0v) is 23.4. The summed E-state index contributed by atoms with van der Waals surface area (Å²) in [4.78, 5) is 35.4. The van der Waals surface area contributed by atoms with E-state index in [-0.39, 0.29) is 0 Å². The lowest BCUT2D eigenvalue weighted by atomic mass is 9.94. The third kappa shape index (κ3) is 7.90. The van der Waals surface area contributed by atoms with Gasteiger partial charge in [0.05, 0.1) is 12.7 Å². The van der Waals surface area contributed by atoms with Gasteiger partial charge < -0.3 is 74.8 Å². The molecule has 18 heteroatoms. The molecule has 3 saturated heterocycles. The van der Waals surface area contributed by atoms with Gasteiger partial charge in [-0.25, -0.2) is 0 Å². The topological polar surface area (TPSA) is 272 Å². The van der Waals surface area contributed by atoms with Crippen LogP contribution < -0.4 is 10.6 Å². The first-order valence-electron chi connectivity index (χ1n) is 13.3. The first kappa shape index (κ1) is 34.4. The van der Waals surface area contributed by atoms with Crippen LogP contribution in [0.15, 0.2) is 0 Å². The van der Waals surface area contributed by atoms with Crippen LogP contribution in [-0.2, 0) is 42.8 Å². The normalized spacial score (nSPS) is 44.2. The van der Waals surface area contributed by atoms with Crippen molar-refractivity contribution in [1.82, 2.24) is 10.6 Å².